The number of unbranched alkanes of at least 4 members (excludes halogenated alkanes) is 1. The van der Waals surface area contributed by atoms with Crippen LogP contribution in [0.25, 0.3) is 5.69 Å². The van der Waals surface area contributed by atoms with E-state index in [1.807, 2.05) is 17.8 Å². The van der Waals surface area contributed by atoms with E-state index in [-0.39, 0.29) is 0 Å². The number of para-hydroxylation sites is 1. The van der Waals surface area contributed by atoms with Gasteiger partial charge in [0.2, 0.25) is 0 Å². The molecule has 1 aromatic heterocycles. The minimum absolute atomic E-state index is 0.892. The van der Waals surface area contributed by atoms with Crippen LogP contribution in [0.3, 0.4) is 0 Å². The van der Waals surface area contributed by atoms with Gasteiger partial charge in [0.1, 0.15) is 5.03 Å². The number of aromatic nitrogens is 2. The normalized spacial score (nSPS) is 11.0. The van der Waals surface area contributed by atoms with Gasteiger partial charge in [-0.15, -0.1) is 11.8 Å². The molecule has 0 spiro atoms. The Kier molecular flexibility index (Phi) is 6.33. The Balaban J connectivity index is 2.34. The molecule has 0 unspecified atom stereocenters. The first-order valence-corrected chi connectivity index (χ1v) is 8.73. The van der Waals surface area contributed by atoms with Crippen LogP contribution >= 0.6 is 11.8 Å². The van der Waals surface area contributed by atoms with E-state index in [1.54, 1.807) is 0 Å². The Hall–Kier alpha value is -1.26. The van der Waals surface area contributed by atoms with Crippen molar-refractivity contribution in [3.05, 3.63) is 41.6 Å². The quantitative estimate of drug-likeness (QED) is 0.586. The number of thioether (sulfide) groups is 1. The average molecular weight is 303 g/mol. The first kappa shape index (κ1) is 16.1. The Morgan fingerprint density at radius 2 is 1.95 bits per heavy atom. The molecule has 0 atom stereocenters. The highest BCUT2D eigenvalue weighted by Gasteiger charge is 2.16. The smallest absolute Gasteiger partial charge is 0.105 e. The van der Waals surface area contributed by atoms with Crippen LogP contribution in [0, 0.1) is 6.92 Å². The second-order valence-electron chi connectivity index (χ2n) is 5.10. The van der Waals surface area contributed by atoms with E-state index in [9.17, 15) is 0 Å². The van der Waals surface area contributed by atoms with E-state index in [4.69, 9.17) is 5.10 Å². The van der Waals surface area contributed by atoms with Crippen molar-refractivity contribution in [1.82, 2.24) is 15.1 Å². The number of rotatable bonds is 8. The number of nitrogens with zero attached hydrogens (tertiary/aromatic N) is 2. The molecule has 0 aliphatic carbocycles. The van der Waals surface area contributed by atoms with Crippen molar-refractivity contribution in [2.45, 2.75) is 45.2 Å². The number of aryl methyl sites for hydroxylation is 1. The van der Waals surface area contributed by atoms with Gasteiger partial charge in [-0.05, 0) is 37.8 Å². The SMILES string of the molecule is CCCCSc1c(CNCC)c(C)nn1-c1ccccc1. The number of hydrogen-bond donors (Lipinski definition) is 1. The third-order valence-electron chi connectivity index (χ3n) is 3.43. The molecule has 0 aliphatic heterocycles. The predicted molar refractivity (Wildman–Crippen MR) is 91.3 cm³/mol. The molecule has 0 amide bonds. The topological polar surface area (TPSA) is 29.9 Å². The van der Waals surface area contributed by atoms with Gasteiger partial charge in [-0.25, -0.2) is 4.68 Å². The fourth-order valence-electron chi connectivity index (χ4n) is 2.20. The van der Waals surface area contributed by atoms with Gasteiger partial charge in [-0.3, -0.25) is 0 Å². The summed E-state index contributed by atoms with van der Waals surface area (Å²) in [6.45, 7) is 8.36. The lowest BCUT2D eigenvalue weighted by atomic mass is 10.2. The highest BCUT2D eigenvalue weighted by molar-refractivity contribution is 7.99. The van der Waals surface area contributed by atoms with Crippen molar-refractivity contribution < 1.29 is 0 Å². The third kappa shape index (κ3) is 4.11. The minimum Gasteiger partial charge on any atom is -0.313 e. The van der Waals surface area contributed by atoms with Crippen molar-refractivity contribution >= 4 is 11.8 Å². The summed E-state index contributed by atoms with van der Waals surface area (Å²) in [5.74, 6) is 1.15. The van der Waals surface area contributed by atoms with Crippen LogP contribution in [0.4, 0.5) is 0 Å². The highest BCUT2D eigenvalue weighted by Crippen LogP contribution is 2.29. The summed E-state index contributed by atoms with van der Waals surface area (Å²) in [5, 5.41) is 9.49. The van der Waals surface area contributed by atoms with Crippen LogP contribution in [-0.2, 0) is 6.54 Å². The Labute approximate surface area is 132 Å². The highest BCUT2D eigenvalue weighted by atomic mass is 32.2. The molecule has 0 aliphatic rings. The summed E-state index contributed by atoms with van der Waals surface area (Å²) in [7, 11) is 0. The zero-order valence-corrected chi connectivity index (χ0v) is 14.0. The number of benzene rings is 1. The molecule has 1 heterocycles. The van der Waals surface area contributed by atoms with Gasteiger partial charge in [0.05, 0.1) is 11.4 Å². The van der Waals surface area contributed by atoms with E-state index >= 15 is 0 Å². The van der Waals surface area contributed by atoms with E-state index in [0.29, 0.717) is 0 Å². The van der Waals surface area contributed by atoms with Crippen molar-refractivity contribution in [2.75, 3.05) is 12.3 Å². The molecular weight excluding hydrogens is 278 g/mol. The molecule has 21 heavy (non-hydrogen) atoms. The first-order chi connectivity index (χ1) is 10.3. The van der Waals surface area contributed by atoms with Crippen LogP contribution in [0.1, 0.15) is 37.9 Å². The van der Waals surface area contributed by atoms with Crippen molar-refractivity contribution in [2.24, 2.45) is 0 Å². The third-order valence-corrected chi connectivity index (χ3v) is 4.61. The van der Waals surface area contributed by atoms with Gasteiger partial charge in [0.15, 0.2) is 0 Å². The van der Waals surface area contributed by atoms with Gasteiger partial charge in [-0.2, -0.15) is 5.10 Å². The molecule has 0 radical (unpaired) electrons. The minimum atomic E-state index is 0.892. The van der Waals surface area contributed by atoms with Crippen molar-refractivity contribution in [1.29, 1.82) is 0 Å². The van der Waals surface area contributed by atoms with E-state index in [0.717, 1.165) is 30.2 Å². The van der Waals surface area contributed by atoms with E-state index < -0.39 is 0 Å². The molecule has 114 valence electrons. The van der Waals surface area contributed by atoms with Crippen LogP contribution in [-0.4, -0.2) is 22.1 Å². The van der Waals surface area contributed by atoms with Crippen LogP contribution in [0.2, 0.25) is 0 Å². The predicted octanol–water partition coefficient (Wildman–Crippen LogP) is 4.18. The molecule has 0 bridgehead atoms. The van der Waals surface area contributed by atoms with Crippen LogP contribution < -0.4 is 5.32 Å². The fraction of sp³-hybridized carbons (Fsp3) is 0.471. The number of hydrogen-bond acceptors (Lipinski definition) is 3. The molecule has 3 nitrogen and oxygen atoms in total. The molecule has 1 N–H and O–H groups in total. The molecule has 0 saturated heterocycles. The monoisotopic (exact) mass is 303 g/mol. The van der Waals surface area contributed by atoms with Gasteiger partial charge >= 0.3 is 0 Å². The van der Waals surface area contributed by atoms with Gasteiger partial charge in [0, 0.05) is 12.1 Å². The zero-order chi connectivity index (χ0) is 15.1. The first-order valence-electron chi connectivity index (χ1n) is 7.75. The summed E-state index contributed by atoms with van der Waals surface area (Å²) in [4.78, 5) is 0. The van der Waals surface area contributed by atoms with E-state index in [1.165, 1.54) is 23.4 Å². The van der Waals surface area contributed by atoms with E-state index in [2.05, 4.69) is 55.0 Å². The van der Waals surface area contributed by atoms with Gasteiger partial charge in [-0.1, -0.05) is 38.5 Å². The second kappa shape index (κ2) is 8.25. The summed E-state index contributed by atoms with van der Waals surface area (Å²) in [5.41, 5.74) is 3.60. The number of nitrogens with one attached hydrogen (secondary N) is 1. The van der Waals surface area contributed by atoms with Crippen LogP contribution in [0.5, 0.6) is 0 Å². The summed E-state index contributed by atoms with van der Waals surface area (Å²) in [6.07, 6.45) is 2.47. The fourth-order valence-corrected chi connectivity index (χ4v) is 3.49. The van der Waals surface area contributed by atoms with Crippen molar-refractivity contribution in [3.63, 3.8) is 0 Å². The maximum Gasteiger partial charge on any atom is 0.105 e. The maximum atomic E-state index is 4.77. The lowest BCUT2D eigenvalue weighted by Gasteiger charge is -2.09. The van der Waals surface area contributed by atoms with Gasteiger partial charge < -0.3 is 5.32 Å². The Morgan fingerprint density at radius 1 is 1.19 bits per heavy atom. The molecule has 2 aromatic rings. The molecule has 0 saturated carbocycles. The molecule has 1 aromatic carbocycles. The summed E-state index contributed by atoms with van der Waals surface area (Å²) in [6, 6.07) is 10.4. The summed E-state index contributed by atoms with van der Waals surface area (Å²) >= 11 is 1.92. The average Bonchev–Trinajstić information content (AvgIpc) is 2.83. The lowest BCUT2D eigenvalue weighted by molar-refractivity contribution is 0.707. The Morgan fingerprint density at radius 3 is 2.62 bits per heavy atom. The summed E-state index contributed by atoms with van der Waals surface area (Å²) < 4.78 is 2.10. The Bertz CT molecular complexity index is 549. The molecule has 4 heteroatoms. The standard InChI is InChI=1S/C17H25N3S/c1-4-6-12-21-17-16(13-18-5-2)14(3)19-20(17)15-10-8-7-9-11-15/h7-11,18H,4-6,12-13H2,1-3H3. The maximum absolute atomic E-state index is 4.77. The zero-order valence-electron chi connectivity index (χ0n) is 13.2. The lowest BCUT2D eigenvalue weighted by Crippen LogP contribution is -2.13. The molecule has 0 fully saturated rings. The van der Waals surface area contributed by atoms with Crippen molar-refractivity contribution in [3.8, 4) is 5.69 Å². The van der Waals surface area contributed by atoms with Gasteiger partial charge in [0.25, 0.3) is 0 Å². The second-order valence-corrected chi connectivity index (χ2v) is 6.18. The van der Waals surface area contributed by atoms with Crippen LogP contribution in [0.15, 0.2) is 35.4 Å². The molecule has 2 rings (SSSR count). The molecular formula is C17H25N3S. The largest absolute Gasteiger partial charge is 0.313 e.